The van der Waals surface area contributed by atoms with Crippen molar-refractivity contribution in [3.8, 4) is 0 Å². The molecule has 130 valence electrons. The Morgan fingerprint density at radius 1 is 1.42 bits per heavy atom. The Hall–Kier alpha value is -2.33. The van der Waals surface area contributed by atoms with E-state index in [1.165, 1.54) is 24.3 Å². The third kappa shape index (κ3) is 4.59. The number of nitrogens with zero attached hydrogens (tertiary/aromatic N) is 3. The van der Waals surface area contributed by atoms with Crippen molar-refractivity contribution in [2.75, 3.05) is 13.7 Å². The van der Waals surface area contributed by atoms with Gasteiger partial charge in [0.1, 0.15) is 12.8 Å². The molecule has 1 aliphatic rings. The molecule has 1 aromatic carbocycles. The highest BCUT2D eigenvalue weighted by molar-refractivity contribution is 5.87. The van der Waals surface area contributed by atoms with Crippen LogP contribution in [-0.2, 0) is 17.6 Å². The first kappa shape index (κ1) is 18.0. The predicted molar refractivity (Wildman–Crippen MR) is 76.9 cm³/mol. The Balaban J connectivity index is 2.14. The smallest absolute Gasteiger partial charge is 0.300 e. The Bertz CT molecular complexity index is 659. The molecule has 0 saturated carbocycles. The predicted octanol–water partition coefficient (Wildman–Crippen LogP) is 2.66. The van der Waals surface area contributed by atoms with Gasteiger partial charge < -0.3 is 0 Å². The van der Waals surface area contributed by atoms with Gasteiger partial charge in [0.25, 0.3) is 5.91 Å². The Kier molecular flexibility index (Phi) is 5.62. The number of amides is 1. The zero-order chi connectivity index (χ0) is 17.7. The Morgan fingerprint density at radius 2 is 2.17 bits per heavy atom. The molecule has 1 aliphatic heterocycles. The molecule has 1 amide bonds. The largest absolute Gasteiger partial charge is 0.416 e. The fourth-order valence-electron chi connectivity index (χ4n) is 2.15. The van der Waals surface area contributed by atoms with E-state index in [-0.39, 0.29) is 17.8 Å². The first-order valence-electron chi connectivity index (χ1n) is 6.88. The summed E-state index contributed by atoms with van der Waals surface area (Å²) < 4.78 is 51.5. The Morgan fingerprint density at radius 3 is 2.79 bits per heavy atom. The van der Waals surface area contributed by atoms with Crippen molar-refractivity contribution < 1.29 is 22.4 Å². The van der Waals surface area contributed by atoms with E-state index < -0.39 is 30.5 Å². The van der Waals surface area contributed by atoms with Crippen LogP contribution in [0.15, 0.2) is 40.7 Å². The van der Waals surface area contributed by atoms with E-state index >= 15 is 0 Å². The molecule has 1 atom stereocenters. The lowest BCUT2D eigenvalue weighted by atomic mass is 10.0. The third-order valence-electron chi connectivity index (χ3n) is 3.19. The van der Waals surface area contributed by atoms with Gasteiger partial charge in [-0.1, -0.05) is 6.07 Å². The van der Waals surface area contributed by atoms with Crippen LogP contribution in [0.1, 0.15) is 22.9 Å². The number of hydrogen-bond donors (Lipinski definition) is 2. The van der Waals surface area contributed by atoms with Gasteiger partial charge in [0, 0.05) is 19.3 Å². The van der Waals surface area contributed by atoms with Crippen molar-refractivity contribution >= 4 is 5.91 Å². The molecule has 2 rings (SSSR count). The number of halogens is 4. The SMILES string of the molecule is CN=NC(=O)/C=C\N1CNC(c2cc(CF)cc(C(F)(F)F)c2)N1. The van der Waals surface area contributed by atoms with E-state index in [0.717, 1.165) is 18.2 Å². The van der Waals surface area contributed by atoms with Crippen LogP contribution in [0, 0.1) is 0 Å². The number of azo groups is 1. The van der Waals surface area contributed by atoms with Crippen molar-refractivity contribution in [2.24, 2.45) is 10.2 Å². The van der Waals surface area contributed by atoms with Crippen LogP contribution in [0.5, 0.6) is 0 Å². The van der Waals surface area contributed by atoms with Crippen LogP contribution >= 0.6 is 0 Å². The average molecular weight is 345 g/mol. The highest BCUT2D eigenvalue weighted by Crippen LogP contribution is 2.32. The monoisotopic (exact) mass is 345 g/mol. The molecule has 0 aromatic heterocycles. The molecule has 0 radical (unpaired) electrons. The summed E-state index contributed by atoms with van der Waals surface area (Å²) in [4.78, 5) is 11.2. The van der Waals surface area contributed by atoms with Crippen LogP contribution in [0.25, 0.3) is 0 Å². The summed E-state index contributed by atoms with van der Waals surface area (Å²) in [6.45, 7) is -0.761. The second-order valence-corrected chi connectivity index (χ2v) is 4.94. The minimum absolute atomic E-state index is 0.0593. The zero-order valence-electron chi connectivity index (χ0n) is 12.6. The first-order valence-corrected chi connectivity index (χ1v) is 6.88. The lowest BCUT2D eigenvalue weighted by Gasteiger charge is -2.17. The van der Waals surface area contributed by atoms with Crippen LogP contribution in [-0.4, -0.2) is 24.6 Å². The molecule has 0 aliphatic carbocycles. The molecule has 2 N–H and O–H groups in total. The molecule has 1 fully saturated rings. The molecule has 10 heteroatoms. The van der Waals surface area contributed by atoms with Crippen molar-refractivity contribution in [1.29, 1.82) is 0 Å². The van der Waals surface area contributed by atoms with Crippen LogP contribution in [0.3, 0.4) is 0 Å². The van der Waals surface area contributed by atoms with Gasteiger partial charge in [-0.05, 0) is 23.3 Å². The first-order chi connectivity index (χ1) is 11.3. The number of carbonyl (C=O) groups is 1. The summed E-state index contributed by atoms with van der Waals surface area (Å²) in [6.07, 6.45) is -2.67. The lowest BCUT2D eigenvalue weighted by Crippen LogP contribution is -2.28. The number of hydrazine groups is 1. The van der Waals surface area contributed by atoms with Gasteiger partial charge in [-0.2, -0.15) is 18.3 Å². The van der Waals surface area contributed by atoms with E-state index in [1.54, 1.807) is 0 Å². The number of benzene rings is 1. The fraction of sp³-hybridized carbons (Fsp3) is 0.357. The molecular weight excluding hydrogens is 330 g/mol. The molecular formula is C14H15F4N5O. The van der Waals surface area contributed by atoms with E-state index in [4.69, 9.17) is 0 Å². The number of hydrogen-bond acceptors (Lipinski definition) is 5. The maximum absolute atomic E-state index is 12.9. The standard InChI is InChI=1S/C14H15F4N5O/c1-19-21-12(24)2-3-23-8-20-13(22-23)10-4-9(7-15)5-11(6-10)14(16,17)18/h2-6,13,20,22H,7-8H2,1H3/b3-2-,21-19?. The van der Waals surface area contributed by atoms with Crippen molar-refractivity contribution in [2.45, 2.75) is 19.0 Å². The van der Waals surface area contributed by atoms with Crippen LogP contribution in [0.2, 0.25) is 0 Å². The van der Waals surface area contributed by atoms with Gasteiger partial charge in [0.05, 0.1) is 12.2 Å². The number of alkyl halides is 4. The molecule has 1 saturated heterocycles. The summed E-state index contributed by atoms with van der Waals surface area (Å²) in [5.74, 6) is -0.568. The zero-order valence-corrected chi connectivity index (χ0v) is 12.6. The van der Waals surface area contributed by atoms with E-state index in [2.05, 4.69) is 21.0 Å². The number of carbonyl (C=O) groups excluding carboxylic acids is 1. The normalized spacial score (nSPS) is 18.9. The Labute approximate surface area is 135 Å². The highest BCUT2D eigenvalue weighted by atomic mass is 19.4. The van der Waals surface area contributed by atoms with Gasteiger partial charge >= 0.3 is 6.18 Å². The van der Waals surface area contributed by atoms with Gasteiger partial charge in [-0.15, -0.1) is 5.11 Å². The van der Waals surface area contributed by atoms with Crippen LogP contribution in [0.4, 0.5) is 17.6 Å². The van der Waals surface area contributed by atoms with E-state index in [9.17, 15) is 22.4 Å². The minimum atomic E-state index is -4.56. The topological polar surface area (TPSA) is 69.1 Å². The summed E-state index contributed by atoms with van der Waals surface area (Å²) in [6, 6.07) is 3.08. The van der Waals surface area contributed by atoms with Crippen LogP contribution < -0.4 is 10.7 Å². The maximum atomic E-state index is 12.9. The molecule has 24 heavy (non-hydrogen) atoms. The summed E-state index contributed by atoms with van der Waals surface area (Å²) in [5, 5.41) is 11.0. The fourth-order valence-corrected chi connectivity index (χ4v) is 2.15. The molecule has 0 bridgehead atoms. The molecule has 1 heterocycles. The molecule has 0 spiro atoms. The molecule has 6 nitrogen and oxygen atoms in total. The van der Waals surface area contributed by atoms with Crippen molar-refractivity contribution in [3.05, 3.63) is 47.2 Å². The summed E-state index contributed by atoms with van der Waals surface area (Å²) in [5.41, 5.74) is 2.13. The lowest BCUT2D eigenvalue weighted by molar-refractivity contribution is -0.137. The second kappa shape index (κ2) is 7.49. The van der Waals surface area contributed by atoms with E-state index in [0.29, 0.717) is 0 Å². The van der Waals surface area contributed by atoms with E-state index in [1.807, 2.05) is 0 Å². The van der Waals surface area contributed by atoms with Gasteiger partial charge in [0.15, 0.2) is 0 Å². The quantitative estimate of drug-likeness (QED) is 0.500. The number of rotatable bonds is 4. The molecule has 1 unspecified atom stereocenters. The number of nitrogens with one attached hydrogen (secondary N) is 2. The van der Waals surface area contributed by atoms with Gasteiger partial charge in [-0.25, -0.2) is 9.82 Å². The van der Waals surface area contributed by atoms with Crippen molar-refractivity contribution in [3.63, 3.8) is 0 Å². The third-order valence-corrected chi connectivity index (χ3v) is 3.19. The molecule has 1 aromatic rings. The van der Waals surface area contributed by atoms with Gasteiger partial charge in [0.2, 0.25) is 0 Å². The summed E-state index contributed by atoms with van der Waals surface area (Å²) in [7, 11) is 1.35. The maximum Gasteiger partial charge on any atom is 0.416 e. The average Bonchev–Trinajstić information content (AvgIpc) is 3.01. The highest BCUT2D eigenvalue weighted by Gasteiger charge is 2.32. The van der Waals surface area contributed by atoms with Gasteiger partial charge in [-0.3, -0.25) is 15.1 Å². The second-order valence-electron chi connectivity index (χ2n) is 4.94. The van der Waals surface area contributed by atoms with Crippen molar-refractivity contribution in [1.82, 2.24) is 15.8 Å². The minimum Gasteiger partial charge on any atom is -0.300 e. The summed E-state index contributed by atoms with van der Waals surface area (Å²) >= 11 is 0.